The lowest BCUT2D eigenvalue weighted by Gasteiger charge is -2.21. The maximum absolute atomic E-state index is 12.7. The van der Waals surface area contributed by atoms with E-state index in [-0.39, 0.29) is 11.3 Å². The first kappa shape index (κ1) is 19.4. The molecule has 0 heterocycles. The third kappa shape index (κ3) is 5.59. The molecule has 0 aliphatic heterocycles. The van der Waals surface area contributed by atoms with Crippen LogP contribution in [0.1, 0.15) is 38.8 Å². The van der Waals surface area contributed by atoms with Gasteiger partial charge >= 0.3 is 5.97 Å². The number of carbonyl (C=O) groups is 1. The summed E-state index contributed by atoms with van der Waals surface area (Å²) in [6.45, 7) is 7.24. The molecule has 0 fully saturated rings. The van der Waals surface area contributed by atoms with Crippen LogP contribution in [-0.4, -0.2) is 22.4 Å². The van der Waals surface area contributed by atoms with Crippen LogP contribution in [0.25, 0.3) is 0 Å². The van der Waals surface area contributed by atoms with Crippen molar-refractivity contribution in [3.63, 3.8) is 0 Å². The molecule has 0 atom stereocenters. The average Bonchev–Trinajstić information content (AvgIpc) is 2.58. The molecule has 2 aromatic rings. The summed E-state index contributed by atoms with van der Waals surface area (Å²) < 4.78 is 5.48. The van der Waals surface area contributed by atoms with Crippen LogP contribution in [0.15, 0.2) is 77.0 Å². The second-order valence-corrected chi connectivity index (χ2v) is 6.98. The lowest BCUT2D eigenvalue weighted by atomic mass is 10.0. The summed E-state index contributed by atoms with van der Waals surface area (Å²) in [6, 6.07) is 19.1. The zero-order chi connectivity index (χ0) is 19.2. The molecule has 0 radical (unpaired) electrons. The summed E-state index contributed by atoms with van der Waals surface area (Å²) in [4.78, 5) is 17.3. The highest BCUT2D eigenvalue weighted by molar-refractivity contribution is 6.27. The SMILES string of the molecule is CC(O)=C(C(=O)OC(C)(C)C)C(=NCc1ccccc1)c1ccccc1. The van der Waals surface area contributed by atoms with Crippen molar-refractivity contribution >= 4 is 11.7 Å². The largest absolute Gasteiger partial charge is 0.512 e. The number of aliphatic hydroxyl groups excluding tert-OH is 1. The summed E-state index contributed by atoms with van der Waals surface area (Å²) in [7, 11) is 0. The van der Waals surface area contributed by atoms with E-state index >= 15 is 0 Å². The Kier molecular flexibility index (Phi) is 6.34. The lowest BCUT2D eigenvalue weighted by molar-refractivity contribution is -0.149. The molecular weight excluding hydrogens is 326 g/mol. The minimum absolute atomic E-state index is 0.0852. The van der Waals surface area contributed by atoms with Gasteiger partial charge < -0.3 is 9.84 Å². The van der Waals surface area contributed by atoms with Crippen molar-refractivity contribution < 1.29 is 14.6 Å². The molecule has 0 aromatic heterocycles. The van der Waals surface area contributed by atoms with E-state index in [9.17, 15) is 9.90 Å². The first-order valence-electron chi connectivity index (χ1n) is 8.55. The Bertz CT molecular complexity index is 796. The van der Waals surface area contributed by atoms with Crippen LogP contribution in [0, 0.1) is 0 Å². The number of aliphatic hydroxyl groups is 1. The molecule has 0 unspecified atom stereocenters. The fourth-order valence-corrected chi connectivity index (χ4v) is 2.41. The van der Waals surface area contributed by atoms with Gasteiger partial charge in [-0.2, -0.15) is 0 Å². The Morgan fingerprint density at radius 3 is 2.04 bits per heavy atom. The Balaban J connectivity index is 2.47. The molecule has 0 spiro atoms. The lowest BCUT2D eigenvalue weighted by Crippen LogP contribution is -2.28. The molecule has 4 heteroatoms. The number of benzene rings is 2. The van der Waals surface area contributed by atoms with Gasteiger partial charge in [0.2, 0.25) is 0 Å². The second kappa shape index (κ2) is 8.48. The third-order valence-electron chi connectivity index (χ3n) is 3.51. The third-order valence-corrected chi connectivity index (χ3v) is 3.51. The Morgan fingerprint density at radius 1 is 1.00 bits per heavy atom. The molecule has 2 aromatic carbocycles. The van der Waals surface area contributed by atoms with Gasteiger partial charge in [-0.1, -0.05) is 60.7 Å². The number of aliphatic imine (C=N–C) groups is 1. The summed E-state index contributed by atoms with van der Waals surface area (Å²) in [5.74, 6) is -0.705. The molecule has 0 aliphatic rings. The second-order valence-electron chi connectivity index (χ2n) is 6.98. The van der Waals surface area contributed by atoms with Gasteiger partial charge in [-0.3, -0.25) is 4.99 Å². The van der Waals surface area contributed by atoms with E-state index in [1.54, 1.807) is 20.8 Å². The Hall–Kier alpha value is -2.88. The van der Waals surface area contributed by atoms with Gasteiger partial charge in [-0.25, -0.2) is 4.79 Å². The monoisotopic (exact) mass is 351 g/mol. The zero-order valence-electron chi connectivity index (χ0n) is 15.7. The summed E-state index contributed by atoms with van der Waals surface area (Å²) in [5.41, 5.74) is 1.60. The summed E-state index contributed by atoms with van der Waals surface area (Å²) in [5, 5.41) is 10.2. The fourth-order valence-electron chi connectivity index (χ4n) is 2.41. The quantitative estimate of drug-likeness (QED) is 0.362. The molecule has 0 saturated heterocycles. The van der Waals surface area contributed by atoms with Gasteiger partial charge in [0.1, 0.15) is 16.9 Å². The molecule has 0 bridgehead atoms. The molecule has 26 heavy (non-hydrogen) atoms. The highest BCUT2D eigenvalue weighted by Crippen LogP contribution is 2.19. The molecule has 0 amide bonds. The summed E-state index contributed by atoms with van der Waals surface area (Å²) >= 11 is 0. The molecule has 0 saturated carbocycles. The van der Waals surface area contributed by atoms with Gasteiger partial charge in [0.15, 0.2) is 0 Å². The molecule has 0 aliphatic carbocycles. The van der Waals surface area contributed by atoms with Gasteiger partial charge in [0, 0.05) is 5.56 Å². The number of ether oxygens (including phenoxy) is 1. The minimum Gasteiger partial charge on any atom is -0.512 e. The Morgan fingerprint density at radius 2 is 1.54 bits per heavy atom. The standard InChI is InChI=1S/C22H25NO3/c1-16(24)19(21(25)26-22(2,3)4)20(18-13-9-6-10-14-18)23-15-17-11-7-5-8-12-17/h5-14,24H,15H2,1-4H3. The number of rotatable bonds is 5. The summed E-state index contributed by atoms with van der Waals surface area (Å²) in [6.07, 6.45) is 0. The number of carbonyl (C=O) groups excluding carboxylic acids is 1. The maximum Gasteiger partial charge on any atom is 0.344 e. The van der Waals surface area contributed by atoms with E-state index in [1.165, 1.54) is 6.92 Å². The van der Waals surface area contributed by atoms with Crippen LogP contribution in [-0.2, 0) is 16.1 Å². The molecule has 136 valence electrons. The fraction of sp³-hybridized carbons (Fsp3) is 0.273. The van der Waals surface area contributed by atoms with Crippen LogP contribution in [0.3, 0.4) is 0 Å². The van der Waals surface area contributed by atoms with Crippen molar-refractivity contribution in [1.29, 1.82) is 0 Å². The van der Waals surface area contributed by atoms with Crippen molar-refractivity contribution in [2.24, 2.45) is 4.99 Å². The van der Waals surface area contributed by atoms with Crippen molar-refractivity contribution in [3.05, 3.63) is 83.1 Å². The zero-order valence-corrected chi connectivity index (χ0v) is 15.7. The smallest absolute Gasteiger partial charge is 0.344 e. The van der Waals surface area contributed by atoms with Gasteiger partial charge in [-0.15, -0.1) is 0 Å². The number of hydrogen-bond acceptors (Lipinski definition) is 4. The highest BCUT2D eigenvalue weighted by Gasteiger charge is 2.26. The van der Waals surface area contributed by atoms with Gasteiger partial charge in [0.05, 0.1) is 12.3 Å². The molecule has 4 nitrogen and oxygen atoms in total. The first-order valence-corrected chi connectivity index (χ1v) is 8.55. The van der Waals surface area contributed by atoms with Crippen molar-refractivity contribution in [3.8, 4) is 0 Å². The van der Waals surface area contributed by atoms with E-state index in [0.717, 1.165) is 11.1 Å². The van der Waals surface area contributed by atoms with Crippen molar-refractivity contribution in [1.82, 2.24) is 0 Å². The predicted molar refractivity (Wildman–Crippen MR) is 104 cm³/mol. The number of esters is 1. The van der Waals surface area contributed by atoms with E-state index in [4.69, 9.17) is 4.74 Å². The van der Waals surface area contributed by atoms with Gasteiger partial charge in [-0.05, 0) is 33.3 Å². The molecule has 2 rings (SSSR count). The van der Waals surface area contributed by atoms with Crippen LogP contribution in [0.4, 0.5) is 0 Å². The molecular formula is C22H25NO3. The number of nitrogens with zero attached hydrogens (tertiary/aromatic N) is 1. The first-order chi connectivity index (χ1) is 12.3. The predicted octanol–water partition coefficient (Wildman–Crippen LogP) is 4.85. The number of hydrogen-bond donors (Lipinski definition) is 1. The number of allylic oxidation sites excluding steroid dienone is 1. The van der Waals surface area contributed by atoms with Gasteiger partial charge in [0.25, 0.3) is 0 Å². The maximum atomic E-state index is 12.7. The van der Waals surface area contributed by atoms with E-state index in [0.29, 0.717) is 12.3 Å². The highest BCUT2D eigenvalue weighted by atomic mass is 16.6. The minimum atomic E-state index is -0.668. The van der Waals surface area contributed by atoms with Crippen LogP contribution >= 0.6 is 0 Å². The normalized spacial score (nSPS) is 13.2. The van der Waals surface area contributed by atoms with Crippen molar-refractivity contribution in [2.75, 3.05) is 0 Å². The average molecular weight is 351 g/mol. The van der Waals surface area contributed by atoms with E-state index < -0.39 is 11.6 Å². The van der Waals surface area contributed by atoms with Crippen LogP contribution in [0.5, 0.6) is 0 Å². The topological polar surface area (TPSA) is 58.9 Å². The van der Waals surface area contributed by atoms with E-state index in [1.807, 2.05) is 60.7 Å². The van der Waals surface area contributed by atoms with Crippen molar-refractivity contribution in [2.45, 2.75) is 39.8 Å². The van der Waals surface area contributed by atoms with Crippen LogP contribution < -0.4 is 0 Å². The van der Waals surface area contributed by atoms with Crippen LogP contribution in [0.2, 0.25) is 0 Å². The molecule has 1 N–H and O–H groups in total. The van der Waals surface area contributed by atoms with E-state index in [2.05, 4.69) is 4.99 Å². The Labute approximate surface area is 154 Å².